The molecule has 70 valence electrons. The van der Waals surface area contributed by atoms with Gasteiger partial charge in [-0.05, 0) is 12.1 Å². The number of aliphatic hydroxyl groups is 1. The highest BCUT2D eigenvalue weighted by atomic mass is 32.1. The second-order valence-corrected chi connectivity index (χ2v) is 2.69. The summed E-state index contributed by atoms with van der Waals surface area (Å²) in [7, 11) is 0. The van der Waals surface area contributed by atoms with Crippen LogP contribution in [0.2, 0.25) is 0 Å². The van der Waals surface area contributed by atoms with E-state index in [2.05, 4.69) is 22.8 Å². The van der Waals surface area contributed by atoms with Crippen LogP contribution in [0.5, 0.6) is 0 Å². The van der Waals surface area contributed by atoms with E-state index in [9.17, 15) is 0 Å². The van der Waals surface area contributed by atoms with Gasteiger partial charge >= 0.3 is 0 Å². The molecule has 1 N–H and O–H groups in total. The minimum Gasteiger partial charge on any atom is -0.396 e. The Hall–Kier alpha value is -1.07. The maximum absolute atomic E-state index is 7.80. The Morgan fingerprint density at radius 2 is 2.23 bits per heavy atom. The maximum atomic E-state index is 7.80. The zero-order chi connectivity index (χ0) is 9.52. The summed E-state index contributed by atoms with van der Waals surface area (Å²) in [6, 6.07) is 5.79. The molecule has 0 spiro atoms. The summed E-state index contributed by atoms with van der Waals surface area (Å²) in [5.41, 5.74) is 0.887. The third kappa shape index (κ3) is 3.04. The minimum absolute atomic E-state index is 0.184. The second kappa shape index (κ2) is 5.55. The van der Waals surface area contributed by atoms with Gasteiger partial charge in [-0.1, -0.05) is 6.07 Å². The molecule has 0 saturated heterocycles. The Labute approximate surface area is 81.6 Å². The Kier molecular flexibility index (Phi) is 4.28. The monoisotopic (exact) mass is 197 g/mol. The van der Waals surface area contributed by atoms with Crippen molar-refractivity contribution in [3.8, 4) is 0 Å². The van der Waals surface area contributed by atoms with Gasteiger partial charge in [0.15, 0.2) is 5.65 Å². The van der Waals surface area contributed by atoms with Crippen LogP contribution >= 0.6 is 12.6 Å². The van der Waals surface area contributed by atoms with Gasteiger partial charge in [-0.25, -0.2) is 0 Å². The number of rotatable bonds is 1. The molecule has 0 aliphatic carbocycles. The van der Waals surface area contributed by atoms with Crippen LogP contribution in [-0.2, 0) is 0 Å². The van der Waals surface area contributed by atoms with Crippen molar-refractivity contribution >= 4 is 18.3 Å². The van der Waals surface area contributed by atoms with Gasteiger partial charge in [-0.2, -0.15) is 12.6 Å². The Morgan fingerprint density at radius 3 is 2.85 bits per heavy atom. The summed E-state index contributed by atoms with van der Waals surface area (Å²) in [6.07, 6.45) is 3.59. The lowest BCUT2D eigenvalue weighted by atomic mass is 10.5. The number of hydrogen-bond donors (Lipinski definition) is 2. The lowest BCUT2D eigenvalue weighted by Gasteiger charge is -1.84. The predicted octanol–water partition coefficient (Wildman–Crippen LogP) is 0.638. The molecule has 0 radical (unpaired) electrons. The summed E-state index contributed by atoms with van der Waals surface area (Å²) < 4.78 is 1.86. The van der Waals surface area contributed by atoms with E-state index in [-0.39, 0.29) is 6.61 Å². The van der Waals surface area contributed by atoms with E-state index in [4.69, 9.17) is 5.11 Å². The van der Waals surface area contributed by atoms with Crippen LogP contribution in [0.1, 0.15) is 0 Å². The summed E-state index contributed by atoms with van der Waals surface area (Å²) in [4.78, 5) is 0. The number of thiol groups is 1. The van der Waals surface area contributed by atoms with E-state index < -0.39 is 0 Å². The number of pyridine rings is 1. The van der Waals surface area contributed by atoms with Crippen LogP contribution in [0.4, 0.5) is 0 Å². The molecule has 0 aliphatic heterocycles. The van der Waals surface area contributed by atoms with Gasteiger partial charge < -0.3 is 5.11 Å². The van der Waals surface area contributed by atoms with Crippen molar-refractivity contribution in [1.82, 2.24) is 14.6 Å². The first-order valence-corrected chi connectivity index (χ1v) is 4.48. The summed E-state index contributed by atoms with van der Waals surface area (Å²) in [5.74, 6) is 0.569. The van der Waals surface area contributed by atoms with Crippen molar-refractivity contribution in [3.05, 3.63) is 30.7 Å². The highest BCUT2D eigenvalue weighted by Crippen LogP contribution is 1.94. The van der Waals surface area contributed by atoms with Crippen molar-refractivity contribution in [1.29, 1.82) is 0 Å². The number of hydrogen-bond acceptors (Lipinski definition) is 4. The first kappa shape index (κ1) is 10.0. The molecule has 2 rings (SSSR count). The molecule has 4 nitrogen and oxygen atoms in total. The first-order valence-electron chi connectivity index (χ1n) is 3.84. The molecule has 2 heterocycles. The van der Waals surface area contributed by atoms with E-state index in [0.29, 0.717) is 5.75 Å². The van der Waals surface area contributed by atoms with Gasteiger partial charge in [0.2, 0.25) is 0 Å². The molecule has 0 amide bonds. The molecule has 2 aromatic heterocycles. The third-order valence-electron chi connectivity index (χ3n) is 1.30. The van der Waals surface area contributed by atoms with Crippen LogP contribution in [0.15, 0.2) is 30.7 Å². The van der Waals surface area contributed by atoms with Crippen LogP contribution in [0, 0.1) is 0 Å². The van der Waals surface area contributed by atoms with Crippen molar-refractivity contribution < 1.29 is 5.11 Å². The van der Waals surface area contributed by atoms with E-state index in [1.165, 1.54) is 0 Å². The minimum atomic E-state index is 0.184. The standard InChI is InChI=1S/C6H5N3.C2H6OS/c1-2-4-9-5-7-8-6(9)3-1;3-1-2-4/h1-5H;3-4H,1-2H2. The molecule has 0 atom stereocenters. The van der Waals surface area contributed by atoms with Crippen molar-refractivity contribution in [2.24, 2.45) is 0 Å². The largest absolute Gasteiger partial charge is 0.396 e. The van der Waals surface area contributed by atoms with Crippen LogP contribution in [0.25, 0.3) is 5.65 Å². The lowest BCUT2D eigenvalue weighted by molar-refractivity contribution is 0.323. The number of nitrogens with zero attached hydrogens (tertiary/aromatic N) is 3. The van der Waals surface area contributed by atoms with Crippen molar-refractivity contribution in [2.75, 3.05) is 12.4 Å². The lowest BCUT2D eigenvalue weighted by Crippen LogP contribution is -1.77. The van der Waals surface area contributed by atoms with E-state index >= 15 is 0 Å². The predicted molar refractivity (Wildman–Crippen MR) is 53.9 cm³/mol. The average Bonchev–Trinajstić information content (AvgIpc) is 2.66. The molecule has 0 fully saturated rings. The Balaban J connectivity index is 0.000000184. The zero-order valence-corrected chi connectivity index (χ0v) is 7.93. The number of aliphatic hydroxyl groups excluding tert-OH is 1. The molecular weight excluding hydrogens is 186 g/mol. The Morgan fingerprint density at radius 1 is 1.46 bits per heavy atom. The summed E-state index contributed by atoms with van der Waals surface area (Å²) >= 11 is 3.67. The molecule has 0 saturated carbocycles. The molecule has 13 heavy (non-hydrogen) atoms. The smallest absolute Gasteiger partial charge is 0.160 e. The van der Waals surface area contributed by atoms with Gasteiger partial charge in [0, 0.05) is 11.9 Å². The molecule has 0 aliphatic rings. The Bertz CT molecular complexity index is 317. The van der Waals surface area contributed by atoms with Gasteiger partial charge in [0.1, 0.15) is 6.33 Å². The van der Waals surface area contributed by atoms with Gasteiger partial charge in [0.25, 0.3) is 0 Å². The van der Waals surface area contributed by atoms with Crippen molar-refractivity contribution in [3.63, 3.8) is 0 Å². The molecule has 0 unspecified atom stereocenters. The van der Waals surface area contributed by atoms with Crippen LogP contribution in [0.3, 0.4) is 0 Å². The SMILES string of the molecule is OCCS.c1ccn2cnnc2c1. The van der Waals surface area contributed by atoms with Gasteiger partial charge in [-0.15, -0.1) is 10.2 Å². The molecule has 2 aromatic rings. The fraction of sp³-hybridized carbons (Fsp3) is 0.250. The highest BCUT2D eigenvalue weighted by molar-refractivity contribution is 7.80. The van der Waals surface area contributed by atoms with E-state index in [1.807, 2.05) is 28.8 Å². The van der Waals surface area contributed by atoms with Gasteiger partial charge in [-0.3, -0.25) is 4.40 Å². The number of aromatic nitrogens is 3. The van der Waals surface area contributed by atoms with Gasteiger partial charge in [0.05, 0.1) is 6.61 Å². The number of fused-ring (bicyclic) bond motifs is 1. The van der Waals surface area contributed by atoms with E-state index in [1.54, 1.807) is 6.33 Å². The molecule has 0 aromatic carbocycles. The van der Waals surface area contributed by atoms with Crippen LogP contribution in [-0.4, -0.2) is 32.1 Å². The summed E-state index contributed by atoms with van der Waals surface area (Å²) in [6.45, 7) is 0.184. The third-order valence-corrected chi connectivity index (χ3v) is 1.50. The normalized spacial score (nSPS) is 9.38. The molecule has 5 heteroatoms. The zero-order valence-electron chi connectivity index (χ0n) is 7.04. The van der Waals surface area contributed by atoms with E-state index in [0.717, 1.165) is 5.65 Å². The fourth-order valence-electron chi connectivity index (χ4n) is 0.770. The second-order valence-electron chi connectivity index (χ2n) is 2.24. The first-order chi connectivity index (χ1) is 6.38. The topological polar surface area (TPSA) is 50.4 Å². The van der Waals surface area contributed by atoms with Crippen LogP contribution < -0.4 is 0 Å². The maximum Gasteiger partial charge on any atom is 0.160 e. The molecular formula is C8H11N3OS. The fourth-order valence-corrected chi connectivity index (χ4v) is 0.770. The summed E-state index contributed by atoms with van der Waals surface area (Å²) in [5, 5.41) is 15.3. The quantitative estimate of drug-likeness (QED) is 0.659. The average molecular weight is 197 g/mol. The highest BCUT2D eigenvalue weighted by Gasteiger charge is 1.87. The van der Waals surface area contributed by atoms with Crippen molar-refractivity contribution in [2.45, 2.75) is 0 Å². The molecule has 0 bridgehead atoms.